The largest absolute Gasteiger partial charge is 0.361 e. The number of nitrogens with one attached hydrogen (secondary N) is 2. The highest BCUT2D eigenvalue weighted by Crippen LogP contribution is 2.23. The Morgan fingerprint density at radius 2 is 2.28 bits per heavy atom. The smallest absolute Gasteiger partial charge is 0.241 e. The van der Waals surface area contributed by atoms with E-state index in [0.29, 0.717) is 13.1 Å². The minimum Gasteiger partial charge on any atom is -0.361 e. The third-order valence-corrected chi connectivity index (χ3v) is 5.06. The lowest BCUT2D eigenvalue weighted by molar-refractivity contribution is -0.121. The van der Waals surface area contributed by atoms with Crippen LogP contribution in [0.5, 0.6) is 0 Å². The molecule has 5 heteroatoms. The molecule has 1 atom stereocenters. The van der Waals surface area contributed by atoms with Crippen molar-refractivity contribution in [1.82, 2.24) is 20.1 Å². The first-order valence-electron chi connectivity index (χ1n) is 9.06. The third-order valence-electron chi connectivity index (χ3n) is 5.06. The van der Waals surface area contributed by atoms with Crippen LogP contribution >= 0.6 is 0 Å². The number of hydrogen-bond acceptors (Lipinski definition) is 2. The van der Waals surface area contributed by atoms with Crippen LogP contribution in [0.1, 0.15) is 30.2 Å². The summed E-state index contributed by atoms with van der Waals surface area (Å²) in [7, 11) is 0. The SMILES string of the molecule is CC1CCc2nn(CC(=O)NCCc3c[nH]c4ccccc34)cc2C1. The predicted molar refractivity (Wildman–Crippen MR) is 98.4 cm³/mol. The van der Waals surface area contributed by atoms with Gasteiger partial charge < -0.3 is 10.3 Å². The van der Waals surface area contributed by atoms with Gasteiger partial charge in [0.2, 0.25) is 5.91 Å². The van der Waals surface area contributed by atoms with Crippen molar-refractivity contribution < 1.29 is 4.79 Å². The number of rotatable bonds is 5. The highest BCUT2D eigenvalue weighted by atomic mass is 16.2. The van der Waals surface area contributed by atoms with Gasteiger partial charge >= 0.3 is 0 Å². The third kappa shape index (κ3) is 3.45. The molecule has 130 valence electrons. The molecule has 1 amide bonds. The highest BCUT2D eigenvalue weighted by Gasteiger charge is 2.19. The molecule has 2 N–H and O–H groups in total. The fourth-order valence-electron chi connectivity index (χ4n) is 3.70. The predicted octanol–water partition coefficient (Wildman–Crippen LogP) is 2.85. The maximum Gasteiger partial charge on any atom is 0.241 e. The van der Waals surface area contributed by atoms with Gasteiger partial charge in [0.1, 0.15) is 6.54 Å². The van der Waals surface area contributed by atoms with Gasteiger partial charge in [-0.05, 0) is 48.8 Å². The van der Waals surface area contributed by atoms with E-state index in [1.807, 2.05) is 24.5 Å². The van der Waals surface area contributed by atoms with Gasteiger partial charge in [-0.25, -0.2) is 0 Å². The molecule has 1 aliphatic carbocycles. The normalized spacial score (nSPS) is 16.8. The van der Waals surface area contributed by atoms with E-state index in [4.69, 9.17) is 0 Å². The second kappa shape index (κ2) is 6.75. The van der Waals surface area contributed by atoms with Crippen molar-refractivity contribution >= 4 is 16.8 Å². The lowest BCUT2D eigenvalue weighted by Gasteiger charge is -2.15. The fourth-order valence-corrected chi connectivity index (χ4v) is 3.70. The second-order valence-corrected chi connectivity index (χ2v) is 7.11. The first kappa shape index (κ1) is 15.9. The number of benzene rings is 1. The molecule has 1 unspecified atom stereocenters. The summed E-state index contributed by atoms with van der Waals surface area (Å²) in [5, 5.41) is 8.81. The van der Waals surface area contributed by atoms with Crippen molar-refractivity contribution in [2.24, 2.45) is 5.92 Å². The Bertz CT molecular complexity index is 892. The number of aromatic amines is 1. The minimum atomic E-state index is 0.0211. The molecule has 25 heavy (non-hydrogen) atoms. The summed E-state index contributed by atoms with van der Waals surface area (Å²) in [6.45, 7) is 3.21. The van der Waals surface area contributed by atoms with E-state index in [1.54, 1.807) is 4.68 Å². The quantitative estimate of drug-likeness (QED) is 0.752. The number of nitrogens with zero attached hydrogens (tertiary/aromatic N) is 2. The van der Waals surface area contributed by atoms with E-state index in [-0.39, 0.29) is 5.91 Å². The topological polar surface area (TPSA) is 62.7 Å². The molecule has 1 aromatic carbocycles. The zero-order chi connectivity index (χ0) is 17.2. The Balaban J connectivity index is 1.31. The van der Waals surface area contributed by atoms with E-state index in [9.17, 15) is 4.79 Å². The van der Waals surface area contributed by atoms with Gasteiger partial charge in [0.25, 0.3) is 0 Å². The van der Waals surface area contributed by atoms with Crippen LogP contribution in [-0.2, 0) is 30.6 Å². The van der Waals surface area contributed by atoms with Crippen LogP contribution in [0.2, 0.25) is 0 Å². The molecule has 1 aliphatic rings. The van der Waals surface area contributed by atoms with Crippen LogP contribution in [0.15, 0.2) is 36.7 Å². The van der Waals surface area contributed by atoms with Gasteiger partial charge in [-0.1, -0.05) is 25.1 Å². The number of fused-ring (bicyclic) bond motifs is 2. The Morgan fingerprint density at radius 1 is 1.40 bits per heavy atom. The molecule has 0 spiro atoms. The van der Waals surface area contributed by atoms with E-state index < -0.39 is 0 Å². The average Bonchev–Trinajstić information content (AvgIpc) is 3.18. The summed E-state index contributed by atoms with van der Waals surface area (Å²) in [4.78, 5) is 15.5. The fraction of sp³-hybridized carbons (Fsp3) is 0.400. The number of amides is 1. The summed E-state index contributed by atoms with van der Waals surface area (Å²) in [6, 6.07) is 8.24. The molecule has 4 rings (SSSR count). The summed E-state index contributed by atoms with van der Waals surface area (Å²) < 4.78 is 1.80. The lowest BCUT2D eigenvalue weighted by Crippen LogP contribution is -2.29. The molecule has 5 nitrogen and oxygen atoms in total. The molecule has 0 saturated heterocycles. The number of carbonyl (C=O) groups is 1. The number of para-hydroxylation sites is 1. The van der Waals surface area contributed by atoms with Gasteiger partial charge in [0.05, 0.1) is 5.69 Å². The zero-order valence-corrected chi connectivity index (χ0v) is 14.6. The Morgan fingerprint density at radius 3 is 3.20 bits per heavy atom. The van der Waals surface area contributed by atoms with Crippen molar-refractivity contribution in [3.63, 3.8) is 0 Å². The molecule has 0 radical (unpaired) electrons. The number of hydrogen-bond donors (Lipinski definition) is 2. The van der Waals surface area contributed by atoms with Gasteiger partial charge in [0, 0.05) is 29.8 Å². The van der Waals surface area contributed by atoms with Crippen LogP contribution < -0.4 is 5.32 Å². The lowest BCUT2D eigenvalue weighted by atomic mass is 9.89. The standard InChI is InChI=1S/C20H24N4O/c1-14-6-7-18-16(10-14)12-24(23-18)13-20(25)21-9-8-15-11-22-19-5-3-2-4-17(15)19/h2-5,11-12,14,22H,6-10,13H2,1H3,(H,21,25). The monoisotopic (exact) mass is 336 g/mol. The number of aromatic nitrogens is 3. The Hall–Kier alpha value is -2.56. The first-order valence-corrected chi connectivity index (χ1v) is 9.06. The van der Waals surface area contributed by atoms with E-state index in [2.05, 4.69) is 34.5 Å². The maximum absolute atomic E-state index is 12.2. The number of aryl methyl sites for hydroxylation is 1. The van der Waals surface area contributed by atoms with Crippen molar-refractivity contribution in [1.29, 1.82) is 0 Å². The van der Waals surface area contributed by atoms with Crippen LogP contribution in [0, 0.1) is 5.92 Å². The molecule has 0 aliphatic heterocycles. The molecule has 0 bridgehead atoms. The van der Waals surface area contributed by atoms with Crippen molar-refractivity contribution in [3.8, 4) is 0 Å². The molecular weight excluding hydrogens is 312 g/mol. The summed E-state index contributed by atoms with van der Waals surface area (Å²) in [5.41, 5.74) is 4.86. The summed E-state index contributed by atoms with van der Waals surface area (Å²) in [6.07, 6.45) is 8.21. The molecule has 3 aromatic rings. The second-order valence-electron chi connectivity index (χ2n) is 7.11. The summed E-state index contributed by atoms with van der Waals surface area (Å²) >= 11 is 0. The van der Waals surface area contributed by atoms with E-state index >= 15 is 0 Å². The molecule has 0 fully saturated rings. The van der Waals surface area contributed by atoms with Gasteiger partial charge in [-0.3, -0.25) is 9.48 Å². The number of H-pyrrole nitrogens is 1. The average molecular weight is 336 g/mol. The Labute approximate surface area is 147 Å². The first-order chi connectivity index (χ1) is 12.2. The van der Waals surface area contributed by atoms with Crippen molar-refractivity contribution in [2.45, 2.75) is 39.2 Å². The van der Waals surface area contributed by atoms with Crippen LogP contribution in [0.3, 0.4) is 0 Å². The maximum atomic E-state index is 12.2. The molecular formula is C20H24N4O. The number of carbonyl (C=O) groups excluding carboxylic acids is 1. The zero-order valence-electron chi connectivity index (χ0n) is 14.6. The minimum absolute atomic E-state index is 0.0211. The van der Waals surface area contributed by atoms with Crippen molar-refractivity contribution in [3.05, 3.63) is 53.5 Å². The van der Waals surface area contributed by atoms with E-state index in [0.717, 1.165) is 30.7 Å². The molecule has 2 heterocycles. The van der Waals surface area contributed by atoms with Gasteiger partial charge in [-0.15, -0.1) is 0 Å². The summed E-state index contributed by atoms with van der Waals surface area (Å²) in [5.74, 6) is 0.739. The highest BCUT2D eigenvalue weighted by molar-refractivity contribution is 5.83. The van der Waals surface area contributed by atoms with Crippen LogP contribution in [0.4, 0.5) is 0 Å². The Kier molecular flexibility index (Phi) is 4.30. The van der Waals surface area contributed by atoms with Crippen LogP contribution in [-0.4, -0.2) is 27.2 Å². The molecule has 2 aromatic heterocycles. The van der Waals surface area contributed by atoms with Crippen molar-refractivity contribution in [2.75, 3.05) is 6.54 Å². The van der Waals surface area contributed by atoms with Gasteiger partial charge in [0.15, 0.2) is 0 Å². The van der Waals surface area contributed by atoms with E-state index in [1.165, 1.54) is 28.6 Å². The van der Waals surface area contributed by atoms with Crippen LogP contribution in [0.25, 0.3) is 10.9 Å². The molecule has 0 saturated carbocycles. The van der Waals surface area contributed by atoms with Gasteiger partial charge in [-0.2, -0.15) is 5.10 Å².